The van der Waals surface area contributed by atoms with Gasteiger partial charge in [-0.25, -0.2) is 0 Å². The molecule has 4 aromatic rings. The van der Waals surface area contributed by atoms with Crippen molar-refractivity contribution in [2.45, 2.75) is 0 Å². The molecule has 0 radical (unpaired) electrons. The first-order chi connectivity index (χ1) is 12.6. The number of rotatable bonds is 4. The number of carbonyl (C=O) groups excluding carboxylic acids is 1. The van der Waals surface area contributed by atoms with Crippen LogP contribution in [0, 0.1) is 0 Å². The molecule has 0 aliphatic heterocycles. The van der Waals surface area contributed by atoms with Gasteiger partial charge in [0.25, 0.3) is 5.91 Å². The van der Waals surface area contributed by atoms with E-state index in [-0.39, 0.29) is 5.91 Å². The molecule has 0 aliphatic carbocycles. The smallest absolute Gasteiger partial charge is 0.257 e. The Morgan fingerprint density at radius 3 is 2.73 bits per heavy atom. The maximum atomic E-state index is 12.4. The van der Waals surface area contributed by atoms with Crippen molar-refractivity contribution in [2.75, 3.05) is 5.32 Å². The van der Waals surface area contributed by atoms with Crippen molar-refractivity contribution in [1.29, 1.82) is 0 Å². The molecule has 0 saturated carbocycles. The number of anilines is 1. The molecule has 0 aliphatic rings. The summed E-state index contributed by atoms with van der Waals surface area (Å²) in [5, 5.41) is 10.7. The zero-order chi connectivity index (χ0) is 18.1. The summed E-state index contributed by atoms with van der Waals surface area (Å²) in [6, 6.07) is 17.0. The van der Waals surface area contributed by atoms with Crippen molar-refractivity contribution >= 4 is 45.2 Å². The van der Waals surface area contributed by atoms with Gasteiger partial charge in [0.15, 0.2) is 0 Å². The average Bonchev–Trinajstić information content (AvgIpc) is 3.35. The maximum Gasteiger partial charge on any atom is 0.257 e. The van der Waals surface area contributed by atoms with Gasteiger partial charge in [-0.2, -0.15) is 5.10 Å². The van der Waals surface area contributed by atoms with E-state index in [1.807, 2.05) is 35.3 Å². The molecule has 4 nitrogen and oxygen atoms in total. The maximum absolute atomic E-state index is 12.4. The number of benzene rings is 1. The number of nitrogens with zero attached hydrogens (tertiary/aromatic N) is 2. The first-order valence-corrected chi connectivity index (χ1v) is 9.93. The first-order valence-electron chi connectivity index (χ1n) is 7.86. The molecule has 1 N–H and O–H groups in total. The van der Waals surface area contributed by atoms with Crippen molar-refractivity contribution in [3.63, 3.8) is 0 Å². The van der Waals surface area contributed by atoms with Crippen molar-refractivity contribution in [2.24, 2.45) is 7.05 Å². The molecule has 1 amide bonds. The minimum absolute atomic E-state index is 0.215. The molecule has 1 aromatic carbocycles. The quantitative estimate of drug-likeness (QED) is 0.472. The fourth-order valence-electron chi connectivity index (χ4n) is 2.61. The van der Waals surface area contributed by atoms with Crippen molar-refractivity contribution < 1.29 is 4.79 Å². The van der Waals surface area contributed by atoms with E-state index < -0.39 is 0 Å². The molecule has 0 bridgehead atoms. The van der Waals surface area contributed by atoms with Crippen LogP contribution in [0.3, 0.4) is 0 Å². The van der Waals surface area contributed by atoms with Gasteiger partial charge in [0, 0.05) is 7.05 Å². The van der Waals surface area contributed by atoms with Crippen LogP contribution in [-0.2, 0) is 7.05 Å². The number of hydrogen-bond acceptors (Lipinski definition) is 4. The third-order valence-electron chi connectivity index (χ3n) is 3.87. The predicted octanol–water partition coefficient (Wildman–Crippen LogP) is 5.78. The third-order valence-corrected chi connectivity index (χ3v) is 6.11. The van der Waals surface area contributed by atoms with Gasteiger partial charge in [-0.3, -0.25) is 9.48 Å². The Bertz CT molecular complexity index is 1070. The topological polar surface area (TPSA) is 46.9 Å². The van der Waals surface area contributed by atoms with E-state index >= 15 is 0 Å². The lowest BCUT2D eigenvalue weighted by Crippen LogP contribution is -2.11. The highest BCUT2D eigenvalue weighted by Crippen LogP contribution is 2.34. The highest BCUT2D eigenvalue weighted by molar-refractivity contribution is 7.19. The van der Waals surface area contributed by atoms with Crippen molar-refractivity contribution in [1.82, 2.24) is 9.78 Å². The monoisotopic (exact) mass is 399 g/mol. The van der Waals surface area contributed by atoms with E-state index in [1.54, 1.807) is 35.6 Å². The molecular weight excluding hydrogens is 386 g/mol. The summed E-state index contributed by atoms with van der Waals surface area (Å²) in [7, 11) is 1.92. The van der Waals surface area contributed by atoms with Gasteiger partial charge in [-0.05, 0) is 41.8 Å². The summed E-state index contributed by atoms with van der Waals surface area (Å²) in [4.78, 5) is 14.6. The molecule has 0 saturated heterocycles. The molecule has 0 unspecified atom stereocenters. The molecule has 130 valence electrons. The molecule has 26 heavy (non-hydrogen) atoms. The number of halogens is 1. The molecular formula is C19H14ClN3OS2. The normalized spacial score (nSPS) is 10.8. The van der Waals surface area contributed by atoms with Crippen LogP contribution >= 0.6 is 34.3 Å². The number of hydrogen-bond donors (Lipinski definition) is 1. The number of aromatic nitrogens is 2. The summed E-state index contributed by atoms with van der Waals surface area (Å²) >= 11 is 9.26. The van der Waals surface area contributed by atoms with Crippen molar-refractivity contribution in [3.05, 3.63) is 70.6 Å². The summed E-state index contributed by atoms with van der Waals surface area (Å²) < 4.78 is 1.86. The SMILES string of the molecule is Cn1nc(-c2cccs2)cc1-c1ccc(NC(=O)c2ccccc2Cl)s1. The lowest BCUT2D eigenvalue weighted by molar-refractivity contribution is 0.102. The molecule has 4 rings (SSSR count). The van der Waals surface area contributed by atoms with E-state index in [4.69, 9.17) is 11.6 Å². The van der Waals surface area contributed by atoms with Gasteiger partial charge >= 0.3 is 0 Å². The number of carbonyl (C=O) groups is 1. The molecule has 7 heteroatoms. The van der Waals surface area contributed by atoms with E-state index in [0.29, 0.717) is 10.6 Å². The highest BCUT2D eigenvalue weighted by Gasteiger charge is 2.14. The van der Waals surface area contributed by atoms with Gasteiger partial charge in [0.2, 0.25) is 0 Å². The Morgan fingerprint density at radius 2 is 1.96 bits per heavy atom. The first kappa shape index (κ1) is 17.0. The fraction of sp³-hybridized carbons (Fsp3) is 0.0526. The average molecular weight is 400 g/mol. The third kappa shape index (κ3) is 3.31. The summed E-state index contributed by atoms with van der Waals surface area (Å²) in [5.41, 5.74) is 2.42. The van der Waals surface area contributed by atoms with E-state index in [2.05, 4.69) is 22.5 Å². The second kappa shape index (κ2) is 7.07. The van der Waals surface area contributed by atoms with Crippen LogP contribution in [0.25, 0.3) is 21.1 Å². The number of nitrogens with one attached hydrogen (secondary N) is 1. The van der Waals surface area contributed by atoms with Crippen LogP contribution in [0.1, 0.15) is 10.4 Å². The number of aryl methyl sites for hydroxylation is 1. The Hall–Kier alpha value is -2.41. The molecule has 0 spiro atoms. The highest BCUT2D eigenvalue weighted by atomic mass is 35.5. The van der Waals surface area contributed by atoms with Gasteiger partial charge in [0.1, 0.15) is 5.69 Å². The van der Waals surface area contributed by atoms with Crippen LogP contribution in [0.5, 0.6) is 0 Å². The molecule has 0 atom stereocenters. The Balaban J connectivity index is 1.57. The van der Waals surface area contributed by atoms with Gasteiger partial charge < -0.3 is 5.32 Å². The Kier molecular flexibility index (Phi) is 4.63. The second-order valence-electron chi connectivity index (χ2n) is 5.61. The van der Waals surface area contributed by atoms with Crippen LogP contribution in [-0.4, -0.2) is 15.7 Å². The standard InChI is InChI=1S/C19H14ClN3OS2/c1-23-15(11-14(22-23)16-7-4-10-25-16)17-8-9-18(26-17)21-19(24)12-5-2-3-6-13(12)20/h2-11H,1H3,(H,21,24). The minimum atomic E-state index is -0.215. The molecule has 3 heterocycles. The van der Waals surface area contributed by atoms with E-state index in [9.17, 15) is 4.79 Å². The molecule has 3 aromatic heterocycles. The van der Waals surface area contributed by atoms with Gasteiger partial charge in [-0.15, -0.1) is 22.7 Å². The van der Waals surface area contributed by atoms with Crippen LogP contribution in [0.15, 0.2) is 60.0 Å². The Labute approximate surface area is 163 Å². The second-order valence-corrected chi connectivity index (χ2v) is 8.05. The zero-order valence-corrected chi connectivity index (χ0v) is 16.2. The Morgan fingerprint density at radius 1 is 1.12 bits per heavy atom. The minimum Gasteiger partial charge on any atom is -0.314 e. The van der Waals surface area contributed by atoms with Gasteiger partial charge in [0.05, 0.1) is 31.0 Å². The zero-order valence-electron chi connectivity index (χ0n) is 13.8. The van der Waals surface area contributed by atoms with Crippen LogP contribution < -0.4 is 5.32 Å². The van der Waals surface area contributed by atoms with Crippen LogP contribution in [0.4, 0.5) is 5.00 Å². The van der Waals surface area contributed by atoms with E-state index in [0.717, 1.165) is 26.1 Å². The molecule has 0 fully saturated rings. The largest absolute Gasteiger partial charge is 0.314 e. The number of thiophene rings is 2. The lowest BCUT2D eigenvalue weighted by atomic mass is 10.2. The lowest BCUT2D eigenvalue weighted by Gasteiger charge is -2.04. The summed E-state index contributed by atoms with van der Waals surface area (Å²) in [6.07, 6.45) is 0. The predicted molar refractivity (Wildman–Crippen MR) is 109 cm³/mol. The summed E-state index contributed by atoms with van der Waals surface area (Å²) in [5.74, 6) is -0.215. The number of amides is 1. The van der Waals surface area contributed by atoms with Gasteiger partial charge in [-0.1, -0.05) is 29.8 Å². The fourth-order valence-corrected chi connectivity index (χ4v) is 4.46. The van der Waals surface area contributed by atoms with Crippen molar-refractivity contribution in [3.8, 4) is 21.1 Å². The van der Waals surface area contributed by atoms with E-state index in [1.165, 1.54) is 11.3 Å². The summed E-state index contributed by atoms with van der Waals surface area (Å²) in [6.45, 7) is 0. The van der Waals surface area contributed by atoms with Crippen LogP contribution in [0.2, 0.25) is 5.02 Å².